The van der Waals surface area contributed by atoms with Crippen molar-refractivity contribution in [3.8, 4) is 11.5 Å². The molecule has 1 saturated carbocycles. The molecule has 3 heteroatoms. The van der Waals surface area contributed by atoms with Crippen LogP contribution in [-0.2, 0) is 5.54 Å². The molecule has 2 N–H and O–H groups in total. The summed E-state index contributed by atoms with van der Waals surface area (Å²) in [5.41, 5.74) is 7.73. The van der Waals surface area contributed by atoms with Gasteiger partial charge in [0.25, 0.3) is 0 Å². The predicted octanol–water partition coefficient (Wildman–Crippen LogP) is 3.46. The van der Waals surface area contributed by atoms with E-state index in [-0.39, 0.29) is 5.54 Å². The van der Waals surface area contributed by atoms with E-state index in [0.717, 1.165) is 43.5 Å². The molecule has 1 fully saturated rings. The van der Waals surface area contributed by atoms with Crippen LogP contribution in [0.15, 0.2) is 18.2 Å². The van der Waals surface area contributed by atoms with Gasteiger partial charge in [0.15, 0.2) is 11.5 Å². The lowest BCUT2D eigenvalue weighted by Gasteiger charge is -2.42. The van der Waals surface area contributed by atoms with Gasteiger partial charge in [-0.2, -0.15) is 0 Å². The fourth-order valence-corrected chi connectivity index (χ4v) is 3.55. The lowest BCUT2D eigenvalue weighted by Crippen LogP contribution is -2.46. The van der Waals surface area contributed by atoms with Crippen molar-refractivity contribution in [1.82, 2.24) is 0 Å². The van der Waals surface area contributed by atoms with E-state index in [9.17, 15) is 0 Å². The van der Waals surface area contributed by atoms with E-state index < -0.39 is 0 Å². The van der Waals surface area contributed by atoms with Gasteiger partial charge in [0.2, 0.25) is 0 Å². The Morgan fingerprint density at radius 2 is 1.90 bits per heavy atom. The third-order valence-corrected chi connectivity index (χ3v) is 4.97. The average molecular weight is 275 g/mol. The van der Waals surface area contributed by atoms with Crippen molar-refractivity contribution < 1.29 is 9.47 Å². The second kappa shape index (κ2) is 5.28. The zero-order chi connectivity index (χ0) is 14.2. The van der Waals surface area contributed by atoms with E-state index in [0.29, 0.717) is 5.92 Å². The normalized spacial score (nSPS) is 33.5. The lowest BCUT2D eigenvalue weighted by molar-refractivity contribution is 0.164. The Kier molecular flexibility index (Phi) is 3.63. The van der Waals surface area contributed by atoms with Gasteiger partial charge in [-0.3, -0.25) is 0 Å². The maximum atomic E-state index is 6.76. The first-order chi connectivity index (χ1) is 9.59. The highest BCUT2D eigenvalue weighted by Crippen LogP contribution is 2.44. The molecule has 0 saturated heterocycles. The molecule has 1 heterocycles. The number of fused-ring (bicyclic) bond motifs is 1. The van der Waals surface area contributed by atoms with Crippen LogP contribution >= 0.6 is 0 Å². The van der Waals surface area contributed by atoms with E-state index in [1.165, 1.54) is 18.4 Å². The van der Waals surface area contributed by atoms with Crippen molar-refractivity contribution in [3.63, 3.8) is 0 Å². The number of nitrogens with two attached hydrogens (primary N) is 1. The number of rotatable bonds is 1. The van der Waals surface area contributed by atoms with Gasteiger partial charge in [-0.15, -0.1) is 0 Å². The summed E-state index contributed by atoms with van der Waals surface area (Å²) in [6.07, 6.45) is 4.39. The molecule has 0 aromatic heterocycles. The molecule has 2 aliphatic rings. The minimum absolute atomic E-state index is 0.225. The molecule has 0 radical (unpaired) electrons. The third-order valence-electron chi connectivity index (χ3n) is 4.97. The first-order valence-corrected chi connectivity index (χ1v) is 7.78. The van der Waals surface area contributed by atoms with E-state index >= 15 is 0 Å². The van der Waals surface area contributed by atoms with Gasteiger partial charge in [-0.1, -0.05) is 19.9 Å². The van der Waals surface area contributed by atoms with Gasteiger partial charge in [0, 0.05) is 12.0 Å². The molecule has 3 unspecified atom stereocenters. The maximum absolute atomic E-state index is 6.76. The van der Waals surface area contributed by atoms with Crippen LogP contribution in [0.3, 0.4) is 0 Å². The monoisotopic (exact) mass is 275 g/mol. The fraction of sp³-hybridized carbons (Fsp3) is 0.647. The zero-order valence-electron chi connectivity index (χ0n) is 12.5. The zero-order valence-corrected chi connectivity index (χ0v) is 12.5. The molecule has 20 heavy (non-hydrogen) atoms. The van der Waals surface area contributed by atoms with E-state index in [1.807, 2.05) is 6.07 Å². The smallest absolute Gasteiger partial charge is 0.161 e. The first kappa shape index (κ1) is 13.7. The first-order valence-electron chi connectivity index (χ1n) is 7.78. The molecule has 3 atom stereocenters. The molecule has 1 aromatic carbocycles. The highest BCUT2D eigenvalue weighted by molar-refractivity contribution is 5.45. The highest BCUT2D eigenvalue weighted by atomic mass is 16.5. The Labute approximate surface area is 121 Å². The van der Waals surface area contributed by atoms with Crippen molar-refractivity contribution in [2.75, 3.05) is 13.2 Å². The van der Waals surface area contributed by atoms with Crippen molar-refractivity contribution >= 4 is 0 Å². The highest BCUT2D eigenvalue weighted by Gasteiger charge is 2.38. The minimum atomic E-state index is -0.225. The lowest BCUT2D eigenvalue weighted by atomic mass is 9.67. The Bertz CT molecular complexity index is 488. The number of benzene rings is 1. The minimum Gasteiger partial charge on any atom is -0.490 e. The Balaban J connectivity index is 1.92. The van der Waals surface area contributed by atoms with Gasteiger partial charge < -0.3 is 15.2 Å². The van der Waals surface area contributed by atoms with Gasteiger partial charge in [-0.25, -0.2) is 0 Å². The third kappa shape index (κ3) is 2.39. The topological polar surface area (TPSA) is 44.5 Å². The summed E-state index contributed by atoms with van der Waals surface area (Å²) in [4.78, 5) is 0. The van der Waals surface area contributed by atoms with E-state index in [1.54, 1.807) is 0 Å². The molecule has 3 nitrogen and oxygen atoms in total. The van der Waals surface area contributed by atoms with Crippen LogP contribution in [0.4, 0.5) is 0 Å². The number of ether oxygens (including phenoxy) is 2. The molecule has 0 bridgehead atoms. The molecular weight excluding hydrogens is 250 g/mol. The summed E-state index contributed by atoms with van der Waals surface area (Å²) in [7, 11) is 0. The second-order valence-electron chi connectivity index (χ2n) is 6.53. The molecule has 110 valence electrons. The fourth-order valence-electron chi connectivity index (χ4n) is 3.55. The summed E-state index contributed by atoms with van der Waals surface area (Å²) >= 11 is 0. The quantitative estimate of drug-likeness (QED) is 0.853. The summed E-state index contributed by atoms with van der Waals surface area (Å²) < 4.78 is 11.5. The van der Waals surface area contributed by atoms with Crippen LogP contribution in [-0.4, -0.2) is 13.2 Å². The molecule has 3 rings (SSSR count). The molecular formula is C17H25NO2. The van der Waals surface area contributed by atoms with Crippen LogP contribution in [0.1, 0.15) is 45.1 Å². The van der Waals surface area contributed by atoms with Gasteiger partial charge in [0.1, 0.15) is 0 Å². The summed E-state index contributed by atoms with van der Waals surface area (Å²) in [6.45, 7) is 6.05. The van der Waals surface area contributed by atoms with Crippen molar-refractivity contribution in [2.45, 2.75) is 45.1 Å². The van der Waals surface area contributed by atoms with E-state index in [4.69, 9.17) is 15.2 Å². The van der Waals surface area contributed by atoms with Crippen molar-refractivity contribution in [3.05, 3.63) is 23.8 Å². The Hall–Kier alpha value is -1.22. The van der Waals surface area contributed by atoms with Crippen LogP contribution in [0.5, 0.6) is 11.5 Å². The largest absolute Gasteiger partial charge is 0.490 e. The standard InChI is InChI=1S/C17H25NO2/c1-12-6-7-17(18,13(2)10-12)14-4-5-15-16(11-14)20-9-3-8-19-15/h4-5,11-13H,3,6-10,18H2,1-2H3. The van der Waals surface area contributed by atoms with Crippen LogP contribution in [0, 0.1) is 11.8 Å². The molecule has 0 amide bonds. The second-order valence-corrected chi connectivity index (χ2v) is 6.53. The number of hydrogen-bond acceptors (Lipinski definition) is 3. The molecule has 0 spiro atoms. The summed E-state index contributed by atoms with van der Waals surface area (Å²) in [5, 5.41) is 0. The Morgan fingerprint density at radius 3 is 2.65 bits per heavy atom. The van der Waals surface area contributed by atoms with E-state index in [2.05, 4.69) is 26.0 Å². The van der Waals surface area contributed by atoms with Crippen LogP contribution in [0.2, 0.25) is 0 Å². The van der Waals surface area contributed by atoms with Crippen LogP contribution in [0.25, 0.3) is 0 Å². The van der Waals surface area contributed by atoms with Crippen molar-refractivity contribution in [1.29, 1.82) is 0 Å². The maximum Gasteiger partial charge on any atom is 0.161 e. The van der Waals surface area contributed by atoms with Gasteiger partial charge in [-0.05, 0) is 48.8 Å². The number of hydrogen-bond donors (Lipinski definition) is 1. The van der Waals surface area contributed by atoms with Crippen molar-refractivity contribution in [2.24, 2.45) is 17.6 Å². The molecule has 1 aromatic rings. The SMILES string of the molecule is CC1CCC(N)(c2ccc3c(c2)OCCCO3)C(C)C1. The Morgan fingerprint density at radius 1 is 1.15 bits per heavy atom. The van der Waals surface area contributed by atoms with Crippen LogP contribution < -0.4 is 15.2 Å². The molecule has 1 aliphatic carbocycles. The van der Waals surface area contributed by atoms with Gasteiger partial charge in [0.05, 0.1) is 13.2 Å². The summed E-state index contributed by atoms with van der Waals surface area (Å²) in [5.74, 6) is 2.99. The average Bonchev–Trinajstić information content (AvgIpc) is 2.67. The summed E-state index contributed by atoms with van der Waals surface area (Å²) in [6, 6.07) is 6.25. The van der Waals surface area contributed by atoms with Gasteiger partial charge >= 0.3 is 0 Å². The predicted molar refractivity (Wildman–Crippen MR) is 80.1 cm³/mol. The molecule has 1 aliphatic heterocycles.